The van der Waals surface area contributed by atoms with Gasteiger partial charge in [-0.25, -0.2) is 8.78 Å². The second kappa shape index (κ2) is 4.43. The fourth-order valence-corrected chi connectivity index (χ4v) is 2.25. The fraction of sp³-hybridized carbons (Fsp3) is 0.462. The molecule has 92 valence electrons. The second-order valence-electron chi connectivity index (χ2n) is 4.85. The molecule has 0 heterocycles. The number of benzene rings is 1. The van der Waals surface area contributed by atoms with E-state index >= 15 is 0 Å². The summed E-state index contributed by atoms with van der Waals surface area (Å²) in [5.41, 5.74) is -0.370. The first-order valence-electron chi connectivity index (χ1n) is 5.78. The Morgan fingerprint density at radius 2 is 1.94 bits per heavy atom. The van der Waals surface area contributed by atoms with Crippen LogP contribution < -0.4 is 5.32 Å². The Kier molecular flexibility index (Phi) is 3.13. The quantitative estimate of drug-likeness (QED) is 0.841. The van der Waals surface area contributed by atoms with E-state index in [2.05, 4.69) is 5.32 Å². The summed E-state index contributed by atoms with van der Waals surface area (Å²) in [6.45, 7) is 1.89. The molecule has 1 aromatic carbocycles. The van der Waals surface area contributed by atoms with E-state index in [0.29, 0.717) is 0 Å². The van der Waals surface area contributed by atoms with Crippen molar-refractivity contribution in [1.29, 1.82) is 0 Å². The van der Waals surface area contributed by atoms with E-state index in [1.165, 1.54) is 6.07 Å². The van der Waals surface area contributed by atoms with Crippen molar-refractivity contribution >= 4 is 11.6 Å². The minimum atomic E-state index is -0.736. The lowest BCUT2D eigenvalue weighted by Gasteiger charge is -2.22. The summed E-state index contributed by atoms with van der Waals surface area (Å²) in [5.74, 6) is -1.56. The first kappa shape index (κ1) is 12.0. The molecule has 0 spiro atoms. The van der Waals surface area contributed by atoms with Crippen molar-refractivity contribution in [2.24, 2.45) is 5.41 Å². The van der Waals surface area contributed by atoms with E-state index in [4.69, 9.17) is 0 Å². The molecule has 1 amide bonds. The van der Waals surface area contributed by atoms with Crippen LogP contribution in [-0.4, -0.2) is 5.91 Å². The van der Waals surface area contributed by atoms with Crippen LogP contribution in [0.15, 0.2) is 18.2 Å². The van der Waals surface area contributed by atoms with Gasteiger partial charge in [0.25, 0.3) is 0 Å². The van der Waals surface area contributed by atoms with Crippen LogP contribution in [-0.2, 0) is 4.79 Å². The normalized spacial score (nSPS) is 18.1. The predicted octanol–water partition coefficient (Wildman–Crippen LogP) is 3.48. The van der Waals surface area contributed by atoms with Gasteiger partial charge in [-0.3, -0.25) is 4.79 Å². The highest BCUT2D eigenvalue weighted by Gasteiger charge is 2.36. The summed E-state index contributed by atoms with van der Waals surface area (Å²) < 4.78 is 26.1. The summed E-state index contributed by atoms with van der Waals surface area (Å²) in [6.07, 6.45) is 3.69. The number of anilines is 1. The molecule has 0 unspecified atom stereocenters. The molecule has 1 saturated carbocycles. The van der Waals surface area contributed by atoms with Gasteiger partial charge in [0.05, 0.1) is 5.69 Å². The molecule has 2 rings (SSSR count). The van der Waals surface area contributed by atoms with Gasteiger partial charge in [-0.05, 0) is 25.0 Å². The van der Waals surface area contributed by atoms with Gasteiger partial charge in [0.15, 0.2) is 0 Å². The molecular weight excluding hydrogens is 224 g/mol. The number of hydrogen-bond acceptors (Lipinski definition) is 1. The summed E-state index contributed by atoms with van der Waals surface area (Å²) in [4.78, 5) is 12.0. The van der Waals surface area contributed by atoms with Crippen molar-refractivity contribution in [3.63, 3.8) is 0 Å². The Labute approximate surface area is 99.0 Å². The summed E-state index contributed by atoms with van der Waals surface area (Å²) >= 11 is 0. The Bertz CT molecular complexity index is 439. The number of nitrogens with one attached hydrogen (secondary N) is 1. The van der Waals surface area contributed by atoms with Crippen LogP contribution in [0.4, 0.5) is 14.5 Å². The number of hydrogen-bond donors (Lipinski definition) is 1. The van der Waals surface area contributed by atoms with Gasteiger partial charge in [0.1, 0.15) is 11.6 Å². The molecule has 0 aromatic heterocycles. The Morgan fingerprint density at radius 3 is 2.53 bits per heavy atom. The number of amides is 1. The van der Waals surface area contributed by atoms with Crippen LogP contribution in [0.5, 0.6) is 0 Å². The number of rotatable bonds is 2. The van der Waals surface area contributed by atoms with E-state index < -0.39 is 17.0 Å². The molecule has 0 atom stereocenters. The molecule has 4 heteroatoms. The lowest BCUT2D eigenvalue weighted by molar-refractivity contribution is -0.124. The zero-order chi connectivity index (χ0) is 12.5. The van der Waals surface area contributed by atoms with E-state index in [-0.39, 0.29) is 11.6 Å². The Hall–Kier alpha value is -1.45. The zero-order valence-electron chi connectivity index (χ0n) is 9.72. The Morgan fingerprint density at radius 1 is 1.29 bits per heavy atom. The maximum Gasteiger partial charge on any atom is 0.230 e. The van der Waals surface area contributed by atoms with Crippen molar-refractivity contribution in [2.75, 3.05) is 5.32 Å². The van der Waals surface area contributed by atoms with Crippen molar-refractivity contribution in [1.82, 2.24) is 0 Å². The van der Waals surface area contributed by atoms with E-state index in [1.807, 2.05) is 6.92 Å². The largest absolute Gasteiger partial charge is 0.323 e. The van der Waals surface area contributed by atoms with Gasteiger partial charge in [0, 0.05) is 11.5 Å². The average molecular weight is 239 g/mol. The molecule has 0 bridgehead atoms. The van der Waals surface area contributed by atoms with Crippen molar-refractivity contribution in [2.45, 2.75) is 32.6 Å². The topological polar surface area (TPSA) is 29.1 Å². The third kappa shape index (κ3) is 2.46. The molecule has 17 heavy (non-hydrogen) atoms. The zero-order valence-corrected chi connectivity index (χ0v) is 9.72. The van der Waals surface area contributed by atoms with E-state index in [1.54, 1.807) is 0 Å². The third-order valence-electron chi connectivity index (χ3n) is 3.43. The lowest BCUT2D eigenvalue weighted by atomic mass is 9.88. The SMILES string of the molecule is CC1(C(=O)Nc2ccc(F)cc2F)CCCC1. The average Bonchev–Trinajstić information content (AvgIpc) is 2.71. The number of carbonyl (C=O) groups excluding carboxylic acids is 1. The van der Waals surface area contributed by atoms with Crippen LogP contribution >= 0.6 is 0 Å². The summed E-state index contributed by atoms with van der Waals surface area (Å²) in [5, 5.41) is 2.54. The maximum atomic E-state index is 13.4. The highest BCUT2D eigenvalue weighted by molar-refractivity contribution is 5.95. The third-order valence-corrected chi connectivity index (χ3v) is 3.43. The van der Waals surface area contributed by atoms with E-state index in [9.17, 15) is 13.6 Å². The molecule has 1 aromatic rings. The molecule has 1 N–H and O–H groups in total. The molecule has 1 aliphatic carbocycles. The minimum Gasteiger partial charge on any atom is -0.323 e. The van der Waals surface area contributed by atoms with Crippen LogP contribution in [0.1, 0.15) is 32.6 Å². The van der Waals surface area contributed by atoms with E-state index in [0.717, 1.165) is 37.8 Å². The van der Waals surface area contributed by atoms with Crippen LogP contribution in [0.3, 0.4) is 0 Å². The van der Waals surface area contributed by atoms with Crippen LogP contribution in [0.25, 0.3) is 0 Å². The molecule has 0 aliphatic heterocycles. The van der Waals surface area contributed by atoms with Crippen molar-refractivity contribution < 1.29 is 13.6 Å². The maximum absolute atomic E-state index is 13.4. The van der Waals surface area contributed by atoms with Gasteiger partial charge < -0.3 is 5.32 Å². The van der Waals surface area contributed by atoms with Gasteiger partial charge in [-0.1, -0.05) is 19.8 Å². The first-order chi connectivity index (χ1) is 8.01. The summed E-state index contributed by atoms with van der Waals surface area (Å²) in [7, 11) is 0. The standard InChI is InChI=1S/C13H15F2NO/c1-13(6-2-3-7-13)12(17)16-11-5-4-9(14)8-10(11)15/h4-5,8H,2-3,6-7H2,1H3,(H,16,17). The molecular formula is C13H15F2NO. The second-order valence-corrected chi connectivity index (χ2v) is 4.85. The fourth-order valence-electron chi connectivity index (χ4n) is 2.25. The molecule has 0 radical (unpaired) electrons. The van der Waals surface area contributed by atoms with Crippen LogP contribution in [0, 0.1) is 17.0 Å². The number of halogens is 2. The molecule has 1 aliphatic rings. The van der Waals surface area contributed by atoms with Crippen LogP contribution in [0.2, 0.25) is 0 Å². The van der Waals surface area contributed by atoms with Crippen molar-refractivity contribution in [3.05, 3.63) is 29.8 Å². The highest BCUT2D eigenvalue weighted by Crippen LogP contribution is 2.38. The predicted molar refractivity (Wildman–Crippen MR) is 61.6 cm³/mol. The molecule has 2 nitrogen and oxygen atoms in total. The van der Waals surface area contributed by atoms with Gasteiger partial charge in [0.2, 0.25) is 5.91 Å². The van der Waals surface area contributed by atoms with Gasteiger partial charge >= 0.3 is 0 Å². The monoisotopic (exact) mass is 239 g/mol. The Balaban J connectivity index is 2.13. The first-order valence-corrected chi connectivity index (χ1v) is 5.78. The smallest absolute Gasteiger partial charge is 0.230 e. The minimum absolute atomic E-state index is 0.0459. The summed E-state index contributed by atoms with van der Waals surface area (Å²) in [6, 6.07) is 3.16. The highest BCUT2D eigenvalue weighted by atomic mass is 19.1. The van der Waals surface area contributed by atoms with Gasteiger partial charge in [-0.2, -0.15) is 0 Å². The lowest BCUT2D eigenvalue weighted by Crippen LogP contribution is -2.31. The van der Waals surface area contributed by atoms with Gasteiger partial charge in [-0.15, -0.1) is 0 Å². The molecule has 1 fully saturated rings. The number of carbonyl (C=O) groups is 1. The van der Waals surface area contributed by atoms with Crippen molar-refractivity contribution in [3.8, 4) is 0 Å². The molecule has 0 saturated heterocycles.